The van der Waals surface area contributed by atoms with Crippen molar-refractivity contribution in [3.05, 3.63) is 53.6 Å². The molecule has 0 spiro atoms. The molecule has 1 saturated heterocycles. The van der Waals surface area contributed by atoms with Gasteiger partial charge in [-0.05, 0) is 11.6 Å². The number of anilines is 1. The minimum Gasteiger partial charge on any atom is -0.454 e. The molecule has 2 aromatic carbocycles. The predicted molar refractivity (Wildman–Crippen MR) is 102 cm³/mol. The van der Waals surface area contributed by atoms with Crippen molar-refractivity contribution in [3.8, 4) is 11.5 Å². The second-order valence-electron chi connectivity index (χ2n) is 7.09. The number of ether oxygens (including phenoxy) is 3. The minimum absolute atomic E-state index is 0.122. The minimum atomic E-state index is -0.869. The van der Waals surface area contributed by atoms with Gasteiger partial charge in [0.2, 0.25) is 12.9 Å². The second kappa shape index (κ2) is 7.07. The van der Waals surface area contributed by atoms with Gasteiger partial charge in [0.15, 0.2) is 11.5 Å². The van der Waals surface area contributed by atoms with Crippen LogP contribution < -0.4 is 14.4 Å². The van der Waals surface area contributed by atoms with E-state index in [1.165, 1.54) is 6.92 Å². The highest BCUT2D eigenvalue weighted by Gasteiger charge is 2.52. The number of fused-ring (bicyclic) bond motifs is 1. The summed E-state index contributed by atoms with van der Waals surface area (Å²) in [7, 11) is 3.86. The molecule has 2 aromatic rings. The van der Waals surface area contributed by atoms with E-state index in [9.17, 15) is 9.59 Å². The fraction of sp³-hybridized carbons (Fsp3) is 0.333. The average molecular weight is 382 g/mol. The maximum atomic E-state index is 12.8. The van der Waals surface area contributed by atoms with Gasteiger partial charge in [-0.3, -0.25) is 9.59 Å². The largest absolute Gasteiger partial charge is 0.454 e. The molecule has 28 heavy (non-hydrogen) atoms. The van der Waals surface area contributed by atoms with Crippen LogP contribution in [0.25, 0.3) is 0 Å². The van der Waals surface area contributed by atoms with Gasteiger partial charge in [0.25, 0.3) is 5.91 Å². The summed E-state index contributed by atoms with van der Waals surface area (Å²) in [5.74, 6) is 0.521. The first-order chi connectivity index (χ1) is 13.5. The molecule has 2 atom stereocenters. The summed E-state index contributed by atoms with van der Waals surface area (Å²) in [6, 6.07) is 13.1. The van der Waals surface area contributed by atoms with E-state index >= 15 is 0 Å². The van der Waals surface area contributed by atoms with Gasteiger partial charge in [0.1, 0.15) is 6.04 Å². The van der Waals surface area contributed by atoms with E-state index in [2.05, 4.69) is 0 Å². The van der Waals surface area contributed by atoms with Gasteiger partial charge in [-0.15, -0.1) is 0 Å². The van der Waals surface area contributed by atoms with Gasteiger partial charge in [-0.1, -0.05) is 30.3 Å². The lowest BCUT2D eigenvalue weighted by molar-refractivity contribution is -0.184. The van der Waals surface area contributed by atoms with Gasteiger partial charge in [0.05, 0.1) is 0 Å². The number of β-lactam (4-membered cyclic amide) rings is 1. The Bertz CT molecular complexity index is 913. The molecule has 2 aliphatic heterocycles. The van der Waals surface area contributed by atoms with Gasteiger partial charge in [-0.25, -0.2) is 0 Å². The van der Waals surface area contributed by atoms with Gasteiger partial charge in [-0.2, -0.15) is 0 Å². The monoisotopic (exact) mass is 382 g/mol. The number of amides is 1. The smallest absolute Gasteiger partial charge is 0.303 e. The van der Waals surface area contributed by atoms with Gasteiger partial charge < -0.3 is 24.0 Å². The molecule has 0 unspecified atom stereocenters. The Hall–Kier alpha value is -3.22. The number of nitrogens with zero attached hydrogens (tertiary/aromatic N) is 2. The second-order valence-corrected chi connectivity index (χ2v) is 7.09. The number of likely N-dealkylation sites (tertiary alicyclic amines) is 1. The van der Waals surface area contributed by atoms with Crippen molar-refractivity contribution < 1.29 is 23.8 Å². The molecular formula is C21H22N2O5. The van der Waals surface area contributed by atoms with Crippen molar-refractivity contribution in [2.75, 3.05) is 25.8 Å². The molecule has 0 radical (unpaired) electrons. The normalized spacial score (nSPS) is 20.0. The summed E-state index contributed by atoms with van der Waals surface area (Å²) in [6.45, 7) is 1.85. The van der Waals surface area contributed by atoms with Crippen LogP contribution in [0.1, 0.15) is 24.1 Å². The fourth-order valence-electron chi connectivity index (χ4n) is 3.60. The fourth-order valence-corrected chi connectivity index (χ4v) is 3.60. The summed E-state index contributed by atoms with van der Waals surface area (Å²) in [4.78, 5) is 28.0. The lowest BCUT2D eigenvalue weighted by Crippen LogP contribution is -2.59. The SMILES string of the molecule is CC(=O)O[C@H]1C(=O)N(Cc2ccccc2)[C@H]1c1cc(N(C)C)cc2c1OCO2. The van der Waals surface area contributed by atoms with Crippen molar-refractivity contribution in [2.24, 2.45) is 0 Å². The highest BCUT2D eigenvalue weighted by molar-refractivity contribution is 5.91. The first-order valence-corrected chi connectivity index (χ1v) is 9.08. The zero-order valence-electron chi connectivity index (χ0n) is 16.0. The Morgan fingerprint density at radius 1 is 1.21 bits per heavy atom. The lowest BCUT2D eigenvalue weighted by Gasteiger charge is -2.46. The molecule has 2 aliphatic rings. The molecule has 4 rings (SSSR count). The highest BCUT2D eigenvalue weighted by atomic mass is 16.7. The van der Waals surface area contributed by atoms with Crippen LogP contribution in [-0.4, -0.2) is 43.8 Å². The molecule has 0 aromatic heterocycles. The highest BCUT2D eigenvalue weighted by Crippen LogP contribution is 2.48. The first kappa shape index (κ1) is 18.2. The van der Waals surface area contributed by atoms with Crippen molar-refractivity contribution in [1.29, 1.82) is 0 Å². The van der Waals surface area contributed by atoms with Crippen LogP contribution in [0.15, 0.2) is 42.5 Å². The zero-order valence-corrected chi connectivity index (χ0v) is 16.0. The Kier molecular flexibility index (Phi) is 4.58. The average Bonchev–Trinajstić information content (AvgIpc) is 3.15. The molecule has 0 aliphatic carbocycles. The van der Waals surface area contributed by atoms with E-state index in [1.54, 1.807) is 4.90 Å². The number of carbonyl (C=O) groups excluding carboxylic acids is 2. The molecule has 2 heterocycles. The number of carbonyl (C=O) groups is 2. The van der Waals surface area contributed by atoms with Crippen molar-refractivity contribution in [2.45, 2.75) is 25.6 Å². The molecule has 1 amide bonds. The Balaban J connectivity index is 1.75. The Morgan fingerprint density at radius 2 is 1.96 bits per heavy atom. The van der Waals surface area contributed by atoms with Crippen LogP contribution in [0.2, 0.25) is 0 Å². The molecule has 1 fully saturated rings. The van der Waals surface area contributed by atoms with Crippen molar-refractivity contribution in [1.82, 2.24) is 4.90 Å². The zero-order chi connectivity index (χ0) is 19.8. The number of hydrogen-bond donors (Lipinski definition) is 0. The van der Waals surface area contributed by atoms with Crippen LogP contribution in [0.4, 0.5) is 5.69 Å². The van der Waals surface area contributed by atoms with E-state index in [0.29, 0.717) is 18.0 Å². The quantitative estimate of drug-likeness (QED) is 0.585. The summed E-state index contributed by atoms with van der Waals surface area (Å²) in [5, 5.41) is 0. The summed E-state index contributed by atoms with van der Waals surface area (Å²) < 4.78 is 16.6. The van der Waals surface area contributed by atoms with Crippen LogP contribution in [-0.2, 0) is 20.9 Å². The standard InChI is InChI=1S/C21H22N2O5/c1-13(24)28-20-18(23(21(20)25)11-14-7-5-4-6-8-14)16-9-15(22(2)3)10-17-19(16)27-12-26-17/h4-10,18,20H,11-12H2,1-3H3/t18-,20+/m0/s1. The third-order valence-electron chi connectivity index (χ3n) is 4.96. The predicted octanol–water partition coefficient (Wildman–Crippen LogP) is 2.50. The van der Waals surface area contributed by atoms with Gasteiger partial charge in [0, 0.05) is 44.9 Å². The summed E-state index contributed by atoms with van der Waals surface area (Å²) in [5.41, 5.74) is 2.69. The topological polar surface area (TPSA) is 68.3 Å². The van der Waals surface area contributed by atoms with Crippen molar-refractivity contribution >= 4 is 17.6 Å². The van der Waals surface area contributed by atoms with E-state index in [1.807, 2.05) is 61.5 Å². The number of esters is 1. The van der Waals surface area contributed by atoms with Crippen LogP contribution in [0, 0.1) is 0 Å². The molecule has 0 saturated carbocycles. The first-order valence-electron chi connectivity index (χ1n) is 9.08. The molecule has 0 bridgehead atoms. The van der Waals surface area contributed by atoms with E-state index in [0.717, 1.165) is 16.8 Å². The molecule has 146 valence electrons. The maximum Gasteiger partial charge on any atom is 0.303 e. The van der Waals surface area contributed by atoms with Crippen molar-refractivity contribution in [3.63, 3.8) is 0 Å². The van der Waals surface area contributed by atoms with Crippen LogP contribution in [0.5, 0.6) is 11.5 Å². The molecular weight excluding hydrogens is 360 g/mol. The third-order valence-corrected chi connectivity index (χ3v) is 4.96. The van der Waals surface area contributed by atoms with Crippen LogP contribution >= 0.6 is 0 Å². The number of benzene rings is 2. The summed E-state index contributed by atoms with van der Waals surface area (Å²) >= 11 is 0. The Morgan fingerprint density at radius 3 is 2.64 bits per heavy atom. The lowest BCUT2D eigenvalue weighted by atomic mass is 9.88. The van der Waals surface area contributed by atoms with E-state index < -0.39 is 18.1 Å². The van der Waals surface area contributed by atoms with E-state index in [4.69, 9.17) is 14.2 Å². The molecule has 7 heteroatoms. The number of hydrogen-bond acceptors (Lipinski definition) is 6. The van der Waals surface area contributed by atoms with Gasteiger partial charge >= 0.3 is 5.97 Å². The molecule has 7 nitrogen and oxygen atoms in total. The maximum absolute atomic E-state index is 12.8. The third kappa shape index (κ3) is 3.13. The summed E-state index contributed by atoms with van der Waals surface area (Å²) in [6.07, 6.45) is -0.869. The van der Waals surface area contributed by atoms with E-state index in [-0.39, 0.29) is 12.7 Å². The number of rotatable bonds is 5. The van der Waals surface area contributed by atoms with Crippen LogP contribution in [0.3, 0.4) is 0 Å². The molecule has 0 N–H and O–H groups in total. The Labute approximate surface area is 163 Å².